The summed E-state index contributed by atoms with van der Waals surface area (Å²) in [5.74, 6) is 0. The number of nitrogens with two attached hydrogens (primary N) is 1. The Kier molecular flexibility index (Phi) is 6.52. The molecule has 108 valence electrons. The summed E-state index contributed by atoms with van der Waals surface area (Å²) < 4.78 is 0. The Morgan fingerprint density at radius 1 is 1.00 bits per heavy atom. The highest BCUT2D eigenvalue weighted by atomic mass is 35.5. The Labute approximate surface area is 126 Å². The van der Waals surface area contributed by atoms with Crippen LogP contribution >= 0.6 is 12.4 Å². The van der Waals surface area contributed by atoms with E-state index in [2.05, 4.69) is 4.90 Å². The van der Waals surface area contributed by atoms with Crippen molar-refractivity contribution in [2.45, 2.75) is 12.1 Å². The predicted octanol–water partition coefficient (Wildman–Crippen LogP) is 2.61. The normalized spacial score (nSPS) is 13.2. The van der Waals surface area contributed by atoms with Crippen molar-refractivity contribution in [3.63, 3.8) is 0 Å². The van der Waals surface area contributed by atoms with E-state index >= 15 is 0 Å². The molecule has 0 spiro atoms. The third-order valence-corrected chi connectivity index (χ3v) is 3.33. The summed E-state index contributed by atoms with van der Waals surface area (Å²) in [7, 11) is 1.98. The van der Waals surface area contributed by atoms with E-state index in [1.165, 1.54) is 0 Å². The molecule has 3 N–H and O–H groups in total. The highest BCUT2D eigenvalue weighted by Crippen LogP contribution is 2.27. The molecule has 0 bridgehead atoms. The SMILES string of the molecule is CN(c1ccccc1)C(c1ccccc1)C(O)CN.Cl. The molecule has 4 heteroatoms. The van der Waals surface area contributed by atoms with Crippen LogP contribution in [0.3, 0.4) is 0 Å². The van der Waals surface area contributed by atoms with E-state index in [0.29, 0.717) is 0 Å². The molecule has 2 atom stereocenters. The fourth-order valence-electron chi connectivity index (χ4n) is 2.31. The van der Waals surface area contributed by atoms with Crippen LogP contribution < -0.4 is 10.6 Å². The summed E-state index contributed by atoms with van der Waals surface area (Å²) in [5.41, 5.74) is 7.77. The topological polar surface area (TPSA) is 49.5 Å². The molecule has 0 radical (unpaired) electrons. The Hall–Kier alpha value is -1.55. The molecule has 3 nitrogen and oxygen atoms in total. The second kappa shape index (κ2) is 7.90. The summed E-state index contributed by atoms with van der Waals surface area (Å²) in [4.78, 5) is 2.06. The van der Waals surface area contributed by atoms with E-state index in [4.69, 9.17) is 5.73 Å². The second-order valence-corrected chi connectivity index (χ2v) is 4.61. The predicted molar refractivity (Wildman–Crippen MR) is 86.3 cm³/mol. The van der Waals surface area contributed by atoms with Gasteiger partial charge >= 0.3 is 0 Å². The van der Waals surface area contributed by atoms with Crippen LogP contribution in [0.15, 0.2) is 60.7 Å². The molecule has 0 aliphatic carbocycles. The average Bonchev–Trinajstić information content (AvgIpc) is 2.49. The van der Waals surface area contributed by atoms with Gasteiger partial charge in [-0.2, -0.15) is 0 Å². The molecule has 0 saturated heterocycles. The number of anilines is 1. The summed E-state index contributed by atoms with van der Waals surface area (Å²) in [6.45, 7) is 0.233. The first-order valence-corrected chi connectivity index (χ1v) is 6.45. The van der Waals surface area contributed by atoms with Gasteiger partial charge in [0.2, 0.25) is 0 Å². The molecule has 0 heterocycles. The van der Waals surface area contributed by atoms with E-state index in [1.54, 1.807) is 0 Å². The fraction of sp³-hybridized carbons (Fsp3) is 0.250. The largest absolute Gasteiger partial charge is 0.389 e. The van der Waals surface area contributed by atoms with Crippen LogP contribution in [0.25, 0.3) is 0 Å². The van der Waals surface area contributed by atoms with Gasteiger partial charge in [-0.1, -0.05) is 48.5 Å². The van der Waals surface area contributed by atoms with E-state index < -0.39 is 6.10 Å². The Bertz CT molecular complexity index is 492. The maximum atomic E-state index is 10.2. The number of para-hydroxylation sites is 1. The number of rotatable bonds is 5. The van der Waals surface area contributed by atoms with Crippen LogP contribution in [0.4, 0.5) is 5.69 Å². The first kappa shape index (κ1) is 16.5. The average molecular weight is 293 g/mol. The first-order valence-electron chi connectivity index (χ1n) is 6.45. The minimum absolute atomic E-state index is 0. The van der Waals surface area contributed by atoms with Crippen molar-refractivity contribution in [3.05, 3.63) is 66.2 Å². The third-order valence-electron chi connectivity index (χ3n) is 3.33. The molecule has 2 unspecified atom stereocenters. The van der Waals surface area contributed by atoms with Crippen LogP contribution in [0.1, 0.15) is 11.6 Å². The molecule has 0 aromatic heterocycles. The minimum Gasteiger partial charge on any atom is -0.389 e. The van der Waals surface area contributed by atoms with Gasteiger partial charge in [0.1, 0.15) is 0 Å². The maximum absolute atomic E-state index is 10.2. The van der Waals surface area contributed by atoms with Gasteiger partial charge in [-0.3, -0.25) is 0 Å². The van der Waals surface area contributed by atoms with Gasteiger partial charge in [0.25, 0.3) is 0 Å². The van der Waals surface area contributed by atoms with Gasteiger partial charge in [-0.25, -0.2) is 0 Å². The van der Waals surface area contributed by atoms with Crippen LogP contribution in [-0.4, -0.2) is 24.8 Å². The summed E-state index contributed by atoms with van der Waals surface area (Å²) in [6.07, 6.45) is -0.604. The number of aliphatic hydroxyl groups is 1. The smallest absolute Gasteiger partial charge is 0.0907 e. The van der Waals surface area contributed by atoms with Crippen LogP contribution in [0, 0.1) is 0 Å². The zero-order valence-electron chi connectivity index (χ0n) is 11.5. The van der Waals surface area contributed by atoms with E-state index in [-0.39, 0.29) is 25.0 Å². The zero-order valence-corrected chi connectivity index (χ0v) is 12.3. The lowest BCUT2D eigenvalue weighted by Crippen LogP contribution is -2.38. The molecular weight excluding hydrogens is 272 g/mol. The second-order valence-electron chi connectivity index (χ2n) is 4.61. The van der Waals surface area contributed by atoms with Gasteiger partial charge in [0, 0.05) is 19.3 Å². The molecule has 2 aromatic rings. The van der Waals surface area contributed by atoms with Crippen molar-refractivity contribution in [3.8, 4) is 0 Å². The van der Waals surface area contributed by atoms with Crippen molar-refractivity contribution in [1.82, 2.24) is 0 Å². The van der Waals surface area contributed by atoms with Crippen molar-refractivity contribution in [2.24, 2.45) is 5.73 Å². The number of benzene rings is 2. The van der Waals surface area contributed by atoms with Crippen molar-refractivity contribution < 1.29 is 5.11 Å². The molecule has 0 saturated carbocycles. The number of aliphatic hydroxyl groups excluding tert-OH is 1. The Morgan fingerprint density at radius 2 is 1.50 bits per heavy atom. The highest BCUT2D eigenvalue weighted by molar-refractivity contribution is 5.85. The van der Waals surface area contributed by atoms with Crippen molar-refractivity contribution >= 4 is 18.1 Å². The van der Waals surface area contributed by atoms with Crippen LogP contribution in [-0.2, 0) is 0 Å². The highest BCUT2D eigenvalue weighted by Gasteiger charge is 2.24. The standard InChI is InChI=1S/C16H20N2O.ClH/c1-18(14-10-6-3-7-11-14)16(15(19)12-17)13-8-4-2-5-9-13;/h2-11,15-16,19H,12,17H2,1H3;1H. The van der Waals surface area contributed by atoms with Gasteiger partial charge in [-0.15, -0.1) is 12.4 Å². The molecule has 0 aliphatic rings. The quantitative estimate of drug-likeness (QED) is 0.891. The molecule has 0 fully saturated rings. The lowest BCUT2D eigenvalue weighted by molar-refractivity contribution is 0.150. The van der Waals surface area contributed by atoms with Gasteiger partial charge in [-0.05, 0) is 17.7 Å². The molecule has 20 heavy (non-hydrogen) atoms. The van der Waals surface area contributed by atoms with Gasteiger partial charge in [0.15, 0.2) is 0 Å². The lowest BCUT2D eigenvalue weighted by atomic mass is 9.99. The summed E-state index contributed by atoms with van der Waals surface area (Å²) >= 11 is 0. The summed E-state index contributed by atoms with van der Waals surface area (Å²) in [5, 5.41) is 10.2. The van der Waals surface area contributed by atoms with Crippen LogP contribution in [0.2, 0.25) is 0 Å². The Balaban J connectivity index is 0.00000200. The number of hydrogen-bond donors (Lipinski definition) is 2. The number of hydrogen-bond acceptors (Lipinski definition) is 3. The van der Waals surface area contributed by atoms with E-state index in [1.807, 2.05) is 67.7 Å². The fourth-order valence-corrected chi connectivity index (χ4v) is 2.31. The maximum Gasteiger partial charge on any atom is 0.0907 e. The van der Waals surface area contributed by atoms with E-state index in [0.717, 1.165) is 11.3 Å². The Morgan fingerprint density at radius 3 is 2.00 bits per heavy atom. The lowest BCUT2D eigenvalue weighted by Gasteiger charge is -2.33. The molecule has 0 aliphatic heterocycles. The molecule has 2 rings (SSSR count). The number of likely N-dealkylation sites (N-methyl/N-ethyl adjacent to an activating group) is 1. The molecule has 0 amide bonds. The zero-order chi connectivity index (χ0) is 13.7. The van der Waals surface area contributed by atoms with Gasteiger partial charge in [0.05, 0.1) is 12.1 Å². The molecule has 2 aromatic carbocycles. The monoisotopic (exact) mass is 292 g/mol. The van der Waals surface area contributed by atoms with Crippen molar-refractivity contribution in [1.29, 1.82) is 0 Å². The minimum atomic E-state index is -0.604. The van der Waals surface area contributed by atoms with Crippen LogP contribution in [0.5, 0.6) is 0 Å². The number of nitrogens with zero attached hydrogens (tertiary/aromatic N) is 1. The number of halogens is 1. The first-order chi connectivity index (χ1) is 9.24. The van der Waals surface area contributed by atoms with Gasteiger partial charge < -0.3 is 15.7 Å². The molecular formula is C16H21ClN2O. The van der Waals surface area contributed by atoms with E-state index in [9.17, 15) is 5.11 Å². The third kappa shape index (κ3) is 3.73. The van der Waals surface area contributed by atoms with Crippen molar-refractivity contribution in [2.75, 3.05) is 18.5 Å². The summed E-state index contributed by atoms with van der Waals surface area (Å²) in [6, 6.07) is 19.8.